The topological polar surface area (TPSA) is 58.4 Å². The number of carbonyl (C=O) groups is 1. The highest BCUT2D eigenvalue weighted by molar-refractivity contribution is 5.95. The molecule has 0 atom stereocenters. The first-order valence-electron chi connectivity index (χ1n) is 10.7. The summed E-state index contributed by atoms with van der Waals surface area (Å²) in [5.41, 5.74) is 4.99. The maximum atomic E-state index is 14.2. The molecule has 31 heavy (non-hydrogen) atoms. The van der Waals surface area contributed by atoms with Crippen LogP contribution in [0.25, 0.3) is 5.69 Å². The number of aryl methyl sites for hydroxylation is 3. The number of halogens is 1. The summed E-state index contributed by atoms with van der Waals surface area (Å²) in [6, 6.07) is 12.9. The molecule has 1 amide bonds. The Kier molecular flexibility index (Phi) is 4.43. The molecule has 5 rings (SSSR count). The number of phenolic OH excluding ortho intramolecular Hbond substituents is 1. The third-order valence-corrected chi connectivity index (χ3v) is 6.84. The molecular weight excluding hydrogens is 393 g/mol. The number of aromatic nitrogens is 2. The van der Waals surface area contributed by atoms with Crippen molar-refractivity contribution in [3.8, 4) is 11.4 Å². The number of aromatic hydroxyl groups is 1. The van der Waals surface area contributed by atoms with E-state index in [0.29, 0.717) is 24.6 Å². The summed E-state index contributed by atoms with van der Waals surface area (Å²) in [6.07, 6.45) is 1.99. The van der Waals surface area contributed by atoms with Gasteiger partial charge in [-0.2, -0.15) is 5.10 Å². The first-order valence-corrected chi connectivity index (χ1v) is 10.7. The molecule has 1 saturated heterocycles. The van der Waals surface area contributed by atoms with Crippen LogP contribution in [-0.4, -0.2) is 38.8 Å². The minimum atomic E-state index is -0.578. The highest BCUT2D eigenvalue weighted by Gasteiger charge is 2.54. The number of amides is 1. The highest BCUT2D eigenvalue weighted by atomic mass is 19.1. The van der Waals surface area contributed by atoms with Crippen LogP contribution in [0.3, 0.4) is 0 Å². The average Bonchev–Trinajstić information content (AvgIpc) is 3.03. The number of likely N-dealkylation sites (tertiary alicyclic amines) is 1. The molecule has 1 aromatic heterocycles. The van der Waals surface area contributed by atoms with Crippen LogP contribution in [0.4, 0.5) is 4.39 Å². The van der Waals surface area contributed by atoms with Crippen molar-refractivity contribution in [3.05, 3.63) is 76.4 Å². The second kappa shape index (κ2) is 6.94. The second-order valence-corrected chi connectivity index (χ2v) is 9.29. The second-order valence-electron chi connectivity index (χ2n) is 9.29. The molecule has 2 heterocycles. The van der Waals surface area contributed by atoms with Crippen molar-refractivity contribution in [2.24, 2.45) is 5.41 Å². The average molecular weight is 420 g/mol. The fraction of sp³-hybridized carbons (Fsp3) is 0.360. The quantitative estimate of drug-likeness (QED) is 0.672. The normalized spacial score (nSPS) is 17.5. The lowest BCUT2D eigenvalue weighted by molar-refractivity contribution is -0.0567. The van der Waals surface area contributed by atoms with E-state index in [2.05, 4.69) is 29.8 Å². The maximum Gasteiger partial charge on any atom is 0.257 e. The number of nitrogens with zero attached hydrogens (tertiary/aromatic N) is 3. The van der Waals surface area contributed by atoms with Gasteiger partial charge < -0.3 is 10.0 Å². The van der Waals surface area contributed by atoms with Gasteiger partial charge in [-0.3, -0.25) is 4.79 Å². The van der Waals surface area contributed by atoms with Crippen LogP contribution < -0.4 is 0 Å². The summed E-state index contributed by atoms with van der Waals surface area (Å²) < 4.78 is 16.3. The van der Waals surface area contributed by atoms with Crippen LogP contribution in [0.5, 0.6) is 5.75 Å². The molecule has 1 saturated carbocycles. The summed E-state index contributed by atoms with van der Waals surface area (Å²) in [4.78, 5) is 14.4. The first-order chi connectivity index (χ1) is 14.8. The van der Waals surface area contributed by atoms with Crippen LogP contribution in [0.1, 0.15) is 51.6 Å². The van der Waals surface area contributed by atoms with Gasteiger partial charge in [-0.05, 0) is 69.0 Å². The molecule has 160 valence electrons. The molecule has 3 aromatic rings. The molecule has 6 heteroatoms. The SMILES string of the molecule is Cc1cc(C2CC3(C2)CN(C(=O)c2cc(O)c(C)cc2F)C3)n(-c2ccccc2C)n1. The van der Waals surface area contributed by atoms with Gasteiger partial charge in [0.2, 0.25) is 0 Å². The minimum absolute atomic E-state index is 0.0523. The van der Waals surface area contributed by atoms with Gasteiger partial charge in [-0.1, -0.05) is 18.2 Å². The van der Waals surface area contributed by atoms with Crippen molar-refractivity contribution >= 4 is 5.91 Å². The Labute approximate surface area is 181 Å². The fourth-order valence-corrected chi connectivity index (χ4v) is 5.16. The number of hydrogen-bond donors (Lipinski definition) is 1. The van der Waals surface area contributed by atoms with Crippen molar-refractivity contribution in [2.75, 3.05) is 13.1 Å². The Morgan fingerprint density at radius 2 is 1.81 bits per heavy atom. The number of hydrogen-bond acceptors (Lipinski definition) is 3. The van der Waals surface area contributed by atoms with E-state index in [0.717, 1.165) is 24.2 Å². The lowest BCUT2D eigenvalue weighted by atomic mass is 9.57. The van der Waals surface area contributed by atoms with Crippen molar-refractivity contribution in [2.45, 2.75) is 39.5 Å². The van der Waals surface area contributed by atoms with Crippen LogP contribution in [-0.2, 0) is 0 Å². The Balaban J connectivity index is 1.29. The van der Waals surface area contributed by atoms with Crippen LogP contribution in [0.2, 0.25) is 0 Å². The van der Waals surface area contributed by atoms with E-state index in [1.54, 1.807) is 11.8 Å². The lowest BCUT2D eigenvalue weighted by Crippen LogP contribution is -2.63. The van der Waals surface area contributed by atoms with Gasteiger partial charge in [0.15, 0.2) is 0 Å². The number of para-hydroxylation sites is 1. The minimum Gasteiger partial charge on any atom is -0.508 e. The van der Waals surface area contributed by atoms with Gasteiger partial charge in [-0.15, -0.1) is 0 Å². The molecule has 1 spiro atoms. The summed E-state index contributed by atoms with van der Waals surface area (Å²) in [5, 5.41) is 14.6. The van der Waals surface area contributed by atoms with Crippen molar-refractivity contribution in [1.82, 2.24) is 14.7 Å². The van der Waals surface area contributed by atoms with Crippen molar-refractivity contribution < 1.29 is 14.3 Å². The smallest absolute Gasteiger partial charge is 0.257 e. The molecule has 2 aromatic carbocycles. The van der Waals surface area contributed by atoms with Crippen molar-refractivity contribution in [3.63, 3.8) is 0 Å². The summed E-state index contributed by atoms with van der Waals surface area (Å²) >= 11 is 0. The third kappa shape index (κ3) is 3.21. The summed E-state index contributed by atoms with van der Waals surface area (Å²) in [7, 11) is 0. The van der Waals surface area contributed by atoms with E-state index in [4.69, 9.17) is 5.10 Å². The van der Waals surface area contributed by atoms with Gasteiger partial charge in [-0.25, -0.2) is 9.07 Å². The van der Waals surface area contributed by atoms with Crippen molar-refractivity contribution in [1.29, 1.82) is 0 Å². The van der Waals surface area contributed by atoms with Crippen LogP contribution >= 0.6 is 0 Å². The molecule has 0 bridgehead atoms. The molecule has 0 radical (unpaired) electrons. The molecule has 0 unspecified atom stereocenters. The predicted molar refractivity (Wildman–Crippen MR) is 116 cm³/mol. The van der Waals surface area contributed by atoms with Gasteiger partial charge in [0.25, 0.3) is 5.91 Å². The van der Waals surface area contributed by atoms with Gasteiger partial charge in [0.1, 0.15) is 11.6 Å². The zero-order chi connectivity index (χ0) is 21.9. The van der Waals surface area contributed by atoms with Gasteiger partial charge >= 0.3 is 0 Å². The Morgan fingerprint density at radius 3 is 2.52 bits per heavy atom. The molecule has 1 aliphatic heterocycles. The lowest BCUT2D eigenvalue weighted by Gasteiger charge is -2.59. The number of rotatable bonds is 3. The van der Waals surface area contributed by atoms with E-state index < -0.39 is 5.82 Å². The third-order valence-electron chi connectivity index (χ3n) is 6.84. The first kappa shape index (κ1) is 19.8. The van der Waals surface area contributed by atoms with Crippen LogP contribution in [0.15, 0.2) is 42.5 Å². The summed E-state index contributed by atoms with van der Waals surface area (Å²) in [6.45, 7) is 6.99. The Bertz CT molecular complexity index is 1190. The number of carbonyl (C=O) groups excluding carboxylic acids is 1. The number of benzene rings is 2. The molecule has 1 N–H and O–H groups in total. The Hall–Kier alpha value is -3.15. The van der Waals surface area contributed by atoms with Gasteiger partial charge in [0, 0.05) is 30.1 Å². The van der Waals surface area contributed by atoms with E-state index in [1.807, 2.05) is 19.1 Å². The van der Waals surface area contributed by atoms with E-state index in [-0.39, 0.29) is 22.6 Å². The van der Waals surface area contributed by atoms with E-state index >= 15 is 0 Å². The highest BCUT2D eigenvalue weighted by Crippen LogP contribution is 2.56. The fourth-order valence-electron chi connectivity index (χ4n) is 5.16. The zero-order valence-electron chi connectivity index (χ0n) is 18.0. The molecular formula is C25H26FN3O2. The Morgan fingerprint density at radius 1 is 1.10 bits per heavy atom. The summed E-state index contributed by atoms with van der Waals surface area (Å²) in [5.74, 6) is -0.574. The molecule has 2 fully saturated rings. The molecule has 1 aliphatic carbocycles. The molecule has 5 nitrogen and oxygen atoms in total. The zero-order valence-corrected chi connectivity index (χ0v) is 18.0. The van der Waals surface area contributed by atoms with Gasteiger partial charge in [0.05, 0.1) is 16.9 Å². The number of phenols is 1. The van der Waals surface area contributed by atoms with E-state index in [9.17, 15) is 14.3 Å². The largest absolute Gasteiger partial charge is 0.508 e. The van der Waals surface area contributed by atoms with Crippen LogP contribution in [0, 0.1) is 32.0 Å². The standard InChI is InChI=1S/C25H26FN3O2/c1-15-6-4-5-7-21(15)29-22(9-17(3)27-29)18-11-25(12-18)13-28(14-25)24(31)19-10-23(30)16(2)8-20(19)26/h4-10,18,30H,11-14H2,1-3H3. The molecule has 2 aliphatic rings. The predicted octanol–water partition coefficient (Wildman–Crippen LogP) is 4.66. The van der Waals surface area contributed by atoms with E-state index in [1.165, 1.54) is 23.4 Å². The maximum absolute atomic E-state index is 14.2. The monoisotopic (exact) mass is 419 g/mol.